The molecule has 1 heterocycles. The number of nitrogen functional groups attached to an aromatic ring is 1. The Morgan fingerprint density at radius 2 is 2.24 bits per heavy atom. The summed E-state index contributed by atoms with van der Waals surface area (Å²) in [6, 6.07) is 7.73. The predicted octanol–water partition coefficient (Wildman–Crippen LogP) is 1.86. The number of carbonyl (C=O) groups excluding carboxylic acids is 1. The van der Waals surface area contributed by atoms with Crippen molar-refractivity contribution in [1.82, 2.24) is 5.32 Å². The van der Waals surface area contributed by atoms with E-state index in [9.17, 15) is 4.79 Å². The van der Waals surface area contributed by atoms with E-state index in [-0.39, 0.29) is 5.91 Å². The Morgan fingerprint density at radius 3 is 2.94 bits per heavy atom. The lowest BCUT2D eigenvalue weighted by Gasteiger charge is -2.02. The molecule has 0 saturated carbocycles. The SMILES string of the molecule is COCCNC(=O)c1sc2ccccc2c1N. The van der Waals surface area contributed by atoms with E-state index in [1.165, 1.54) is 11.3 Å². The van der Waals surface area contributed by atoms with Crippen molar-refractivity contribution in [3.63, 3.8) is 0 Å². The molecule has 5 heteroatoms. The van der Waals surface area contributed by atoms with E-state index in [0.29, 0.717) is 23.7 Å². The van der Waals surface area contributed by atoms with Crippen LogP contribution < -0.4 is 11.1 Å². The van der Waals surface area contributed by atoms with Crippen molar-refractivity contribution in [2.75, 3.05) is 26.0 Å². The molecule has 0 saturated heterocycles. The maximum atomic E-state index is 11.9. The van der Waals surface area contributed by atoms with Gasteiger partial charge in [0.25, 0.3) is 5.91 Å². The zero-order chi connectivity index (χ0) is 12.3. The molecule has 0 bridgehead atoms. The molecule has 0 aliphatic carbocycles. The molecule has 4 nitrogen and oxygen atoms in total. The number of fused-ring (bicyclic) bond motifs is 1. The molecule has 0 spiro atoms. The Bertz CT molecular complexity index is 536. The van der Waals surface area contributed by atoms with Crippen LogP contribution in [-0.4, -0.2) is 26.2 Å². The average Bonchev–Trinajstić information content (AvgIpc) is 2.68. The normalized spacial score (nSPS) is 10.6. The number of anilines is 1. The number of benzene rings is 1. The molecular formula is C12H14N2O2S. The molecule has 0 aliphatic heterocycles. The second-order valence-electron chi connectivity index (χ2n) is 3.59. The number of hydrogen-bond donors (Lipinski definition) is 2. The number of thiophene rings is 1. The lowest BCUT2D eigenvalue weighted by molar-refractivity contribution is 0.0942. The van der Waals surface area contributed by atoms with Gasteiger partial charge >= 0.3 is 0 Å². The van der Waals surface area contributed by atoms with Crippen LogP contribution in [0.3, 0.4) is 0 Å². The van der Waals surface area contributed by atoms with Gasteiger partial charge in [0.05, 0.1) is 12.3 Å². The Balaban J connectivity index is 2.23. The average molecular weight is 250 g/mol. The van der Waals surface area contributed by atoms with Crippen LogP contribution in [0.1, 0.15) is 9.67 Å². The van der Waals surface area contributed by atoms with Gasteiger partial charge < -0.3 is 15.8 Å². The van der Waals surface area contributed by atoms with Gasteiger partial charge in [0.1, 0.15) is 4.88 Å². The van der Waals surface area contributed by atoms with Gasteiger partial charge in [-0.05, 0) is 6.07 Å². The third kappa shape index (κ3) is 2.40. The van der Waals surface area contributed by atoms with Crippen LogP contribution in [0.25, 0.3) is 10.1 Å². The van der Waals surface area contributed by atoms with Gasteiger partial charge in [0.2, 0.25) is 0 Å². The van der Waals surface area contributed by atoms with Crippen molar-refractivity contribution in [2.24, 2.45) is 0 Å². The molecule has 0 atom stereocenters. The number of amides is 1. The first-order valence-corrected chi connectivity index (χ1v) is 6.10. The first-order valence-electron chi connectivity index (χ1n) is 5.28. The summed E-state index contributed by atoms with van der Waals surface area (Å²) in [7, 11) is 1.60. The number of rotatable bonds is 4. The maximum Gasteiger partial charge on any atom is 0.263 e. The quantitative estimate of drug-likeness (QED) is 0.814. The number of ether oxygens (including phenoxy) is 1. The lowest BCUT2D eigenvalue weighted by Crippen LogP contribution is -2.26. The van der Waals surface area contributed by atoms with E-state index >= 15 is 0 Å². The number of methoxy groups -OCH3 is 1. The minimum Gasteiger partial charge on any atom is -0.397 e. The van der Waals surface area contributed by atoms with E-state index in [2.05, 4.69) is 5.32 Å². The minimum atomic E-state index is -0.138. The summed E-state index contributed by atoms with van der Waals surface area (Å²) >= 11 is 1.41. The summed E-state index contributed by atoms with van der Waals surface area (Å²) in [4.78, 5) is 12.4. The highest BCUT2D eigenvalue weighted by molar-refractivity contribution is 7.21. The summed E-state index contributed by atoms with van der Waals surface area (Å²) in [5, 5.41) is 3.71. The van der Waals surface area contributed by atoms with Gasteiger partial charge in [0, 0.05) is 23.7 Å². The fourth-order valence-corrected chi connectivity index (χ4v) is 2.62. The summed E-state index contributed by atoms with van der Waals surface area (Å²) in [6.45, 7) is 0.986. The molecule has 0 aliphatic rings. The van der Waals surface area contributed by atoms with Crippen molar-refractivity contribution < 1.29 is 9.53 Å². The van der Waals surface area contributed by atoms with Crippen LogP contribution >= 0.6 is 11.3 Å². The highest BCUT2D eigenvalue weighted by Gasteiger charge is 2.15. The molecule has 0 unspecified atom stereocenters. The van der Waals surface area contributed by atoms with Gasteiger partial charge in [-0.1, -0.05) is 18.2 Å². The summed E-state index contributed by atoms with van der Waals surface area (Å²) < 4.78 is 5.90. The molecule has 90 valence electrons. The summed E-state index contributed by atoms with van der Waals surface area (Å²) in [5.41, 5.74) is 6.52. The van der Waals surface area contributed by atoms with Gasteiger partial charge in [-0.15, -0.1) is 11.3 Å². The number of carbonyl (C=O) groups is 1. The van der Waals surface area contributed by atoms with Crippen molar-refractivity contribution in [1.29, 1.82) is 0 Å². The second-order valence-corrected chi connectivity index (χ2v) is 4.64. The van der Waals surface area contributed by atoms with E-state index < -0.39 is 0 Å². The van der Waals surface area contributed by atoms with E-state index in [0.717, 1.165) is 10.1 Å². The molecule has 0 radical (unpaired) electrons. The lowest BCUT2D eigenvalue weighted by atomic mass is 10.2. The monoisotopic (exact) mass is 250 g/mol. The number of nitrogens with two attached hydrogens (primary N) is 1. The van der Waals surface area contributed by atoms with Gasteiger partial charge in [-0.3, -0.25) is 4.79 Å². The van der Waals surface area contributed by atoms with Crippen LogP contribution in [0.2, 0.25) is 0 Å². The molecule has 2 rings (SSSR count). The molecule has 17 heavy (non-hydrogen) atoms. The number of nitrogens with one attached hydrogen (secondary N) is 1. The van der Waals surface area contributed by atoms with Crippen LogP contribution in [0.4, 0.5) is 5.69 Å². The van der Waals surface area contributed by atoms with Crippen molar-refractivity contribution in [3.8, 4) is 0 Å². The topological polar surface area (TPSA) is 64.3 Å². The van der Waals surface area contributed by atoms with Gasteiger partial charge in [-0.2, -0.15) is 0 Å². The Hall–Kier alpha value is -1.59. The standard InChI is InChI=1S/C12H14N2O2S/c1-16-7-6-14-12(15)11-10(13)8-4-2-3-5-9(8)17-11/h2-5H,6-7,13H2,1H3,(H,14,15). The largest absolute Gasteiger partial charge is 0.397 e. The van der Waals surface area contributed by atoms with Crippen molar-refractivity contribution >= 4 is 33.0 Å². The Labute approximate surface area is 103 Å². The molecule has 1 aromatic heterocycles. The zero-order valence-corrected chi connectivity index (χ0v) is 10.3. The summed E-state index contributed by atoms with van der Waals surface area (Å²) in [6.07, 6.45) is 0. The van der Waals surface area contributed by atoms with Gasteiger partial charge in [-0.25, -0.2) is 0 Å². The van der Waals surface area contributed by atoms with Crippen LogP contribution in [0.15, 0.2) is 24.3 Å². The Morgan fingerprint density at radius 1 is 1.47 bits per heavy atom. The smallest absolute Gasteiger partial charge is 0.263 e. The minimum absolute atomic E-state index is 0.138. The Kier molecular flexibility index (Phi) is 3.61. The first kappa shape index (κ1) is 11.9. The van der Waals surface area contributed by atoms with Gasteiger partial charge in [0.15, 0.2) is 0 Å². The summed E-state index contributed by atoms with van der Waals surface area (Å²) in [5.74, 6) is -0.138. The third-order valence-electron chi connectivity index (χ3n) is 2.43. The predicted molar refractivity (Wildman–Crippen MR) is 70.4 cm³/mol. The molecule has 0 fully saturated rings. The third-order valence-corrected chi connectivity index (χ3v) is 3.62. The highest BCUT2D eigenvalue weighted by atomic mass is 32.1. The van der Waals surface area contributed by atoms with Crippen molar-refractivity contribution in [3.05, 3.63) is 29.1 Å². The second kappa shape index (κ2) is 5.16. The van der Waals surface area contributed by atoms with Crippen LogP contribution in [0, 0.1) is 0 Å². The maximum absolute atomic E-state index is 11.9. The molecule has 3 N–H and O–H groups in total. The molecule has 2 aromatic rings. The first-order chi connectivity index (χ1) is 8.24. The molecule has 1 amide bonds. The fourth-order valence-electron chi connectivity index (χ4n) is 1.58. The van der Waals surface area contributed by atoms with Crippen LogP contribution in [-0.2, 0) is 4.74 Å². The zero-order valence-electron chi connectivity index (χ0n) is 9.53. The number of hydrogen-bond acceptors (Lipinski definition) is 4. The van der Waals surface area contributed by atoms with E-state index in [4.69, 9.17) is 10.5 Å². The molecular weight excluding hydrogens is 236 g/mol. The van der Waals surface area contributed by atoms with E-state index in [1.54, 1.807) is 7.11 Å². The van der Waals surface area contributed by atoms with Crippen LogP contribution in [0.5, 0.6) is 0 Å². The molecule has 1 aromatic carbocycles. The fraction of sp³-hybridized carbons (Fsp3) is 0.250. The van der Waals surface area contributed by atoms with E-state index in [1.807, 2.05) is 24.3 Å². The highest BCUT2D eigenvalue weighted by Crippen LogP contribution is 2.33. The van der Waals surface area contributed by atoms with Crippen molar-refractivity contribution in [2.45, 2.75) is 0 Å².